The summed E-state index contributed by atoms with van der Waals surface area (Å²) in [6.45, 7) is 12.6. The fourth-order valence-corrected chi connectivity index (χ4v) is 1.54. The molecule has 2 nitrogen and oxygen atoms in total. The van der Waals surface area contributed by atoms with Crippen LogP contribution < -0.4 is 0 Å². The molecular weight excluding hydrogens is 198 g/mol. The number of allylic oxidation sites excluding steroid dienone is 2. The van der Waals surface area contributed by atoms with Crippen molar-refractivity contribution in [1.29, 1.82) is 0 Å². The van der Waals surface area contributed by atoms with Gasteiger partial charge in [0.1, 0.15) is 6.10 Å². The molecule has 0 spiro atoms. The van der Waals surface area contributed by atoms with Crippen LogP contribution in [0, 0.1) is 5.41 Å². The van der Waals surface area contributed by atoms with Gasteiger partial charge < -0.3 is 5.11 Å². The Labute approximate surface area is 98.8 Å². The van der Waals surface area contributed by atoms with Crippen LogP contribution in [0.2, 0.25) is 0 Å². The first-order valence-corrected chi connectivity index (χ1v) is 5.78. The van der Waals surface area contributed by atoms with Crippen LogP contribution in [-0.4, -0.2) is 22.5 Å². The molecule has 0 aromatic carbocycles. The molecule has 0 saturated heterocycles. The van der Waals surface area contributed by atoms with Gasteiger partial charge >= 0.3 is 0 Å². The first kappa shape index (κ1) is 13.2. The summed E-state index contributed by atoms with van der Waals surface area (Å²) in [7, 11) is 0. The zero-order valence-electron chi connectivity index (χ0n) is 11.2. The van der Waals surface area contributed by atoms with E-state index in [4.69, 9.17) is 0 Å². The Hall–Kier alpha value is -0.890. The number of aliphatic hydroxyl groups excluding tert-OH is 1. The fourth-order valence-electron chi connectivity index (χ4n) is 1.54. The third kappa shape index (κ3) is 3.60. The van der Waals surface area contributed by atoms with Gasteiger partial charge in [-0.3, -0.25) is 4.99 Å². The molecule has 0 fully saturated rings. The summed E-state index contributed by atoms with van der Waals surface area (Å²) in [5.74, 6) is 0. The van der Waals surface area contributed by atoms with Crippen molar-refractivity contribution in [3.63, 3.8) is 0 Å². The molecule has 16 heavy (non-hydrogen) atoms. The molecule has 1 N–H and O–H groups in total. The number of aliphatic hydroxyl groups is 1. The van der Waals surface area contributed by atoms with Crippen LogP contribution >= 0.6 is 0 Å². The van der Waals surface area contributed by atoms with E-state index in [1.165, 1.54) is 5.57 Å². The van der Waals surface area contributed by atoms with E-state index < -0.39 is 6.10 Å². The number of hydrogen-bond donors (Lipinski definition) is 1. The highest BCUT2D eigenvalue weighted by Gasteiger charge is 2.22. The second kappa shape index (κ2) is 4.17. The van der Waals surface area contributed by atoms with Crippen LogP contribution in [0.25, 0.3) is 0 Å². The van der Waals surface area contributed by atoms with Crippen molar-refractivity contribution in [2.45, 2.75) is 53.2 Å². The van der Waals surface area contributed by atoms with Gasteiger partial charge in [-0.15, -0.1) is 0 Å². The Kier molecular flexibility index (Phi) is 3.44. The van der Waals surface area contributed by atoms with Crippen molar-refractivity contribution in [1.82, 2.24) is 0 Å². The second-order valence-corrected chi connectivity index (χ2v) is 6.36. The number of aliphatic imine (C=N–C) groups is 1. The zero-order chi connectivity index (χ0) is 12.6. The van der Waals surface area contributed by atoms with Gasteiger partial charge in [0, 0.05) is 0 Å². The number of nitrogens with zero attached hydrogens (tertiary/aromatic N) is 1. The Bertz CT molecular complexity index is 348. The molecule has 0 saturated carbocycles. The molecule has 90 valence electrons. The SMILES string of the molecule is CC(C)(C)N=C1C=C(C(C)(C)C)C=CC1O. The lowest BCUT2D eigenvalue weighted by Gasteiger charge is -2.26. The van der Waals surface area contributed by atoms with E-state index in [2.05, 4.69) is 25.8 Å². The average molecular weight is 221 g/mol. The molecule has 0 bridgehead atoms. The van der Waals surface area contributed by atoms with Crippen molar-refractivity contribution >= 4 is 5.71 Å². The van der Waals surface area contributed by atoms with Gasteiger partial charge in [-0.1, -0.05) is 26.8 Å². The molecule has 0 amide bonds. The van der Waals surface area contributed by atoms with Crippen molar-refractivity contribution in [2.75, 3.05) is 0 Å². The largest absolute Gasteiger partial charge is 0.383 e. The molecular formula is C14H23NO. The van der Waals surface area contributed by atoms with Crippen molar-refractivity contribution in [2.24, 2.45) is 10.4 Å². The van der Waals surface area contributed by atoms with Crippen LogP contribution in [0.15, 0.2) is 28.8 Å². The highest BCUT2D eigenvalue weighted by Crippen LogP contribution is 2.29. The standard InChI is InChI=1S/C14H23NO/c1-13(2,3)10-7-8-12(16)11(9-10)15-14(4,5)6/h7-9,12,16H,1-6H3. The average Bonchev–Trinajstić information content (AvgIpc) is 2.04. The van der Waals surface area contributed by atoms with E-state index >= 15 is 0 Å². The lowest BCUT2D eigenvalue weighted by molar-refractivity contribution is 0.286. The minimum absolute atomic E-state index is 0.0926. The highest BCUT2D eigenvalue weighted by atomic mass is 16.3. The normalized spacial score (nSPS) is 24.8. The van der Waals surface area contributed by atoms with Crippen molar-refractivity contribution in [3.05, 3.63) is 23.8 Å². The first-order valence-electron chi connectivity index (χ1n) is 5.78. The lowest BCUT2D eigenvalue weighted by atomic mass is 9.82. The quantitative estimate of drug-likeness (QED) is 0.669. The molecule has 1 unspecified atom stereocenters. The molecule has 0 aliphatic heterocycles. The molecule has 1 aliphatic carbocycles. The molecule has 0 heterocycles. The van der Waals surface area contributed by atoms with E-state index in [9.17, 15) is 5.11 Å². The summed E-state index contributed by atoms with van der Waals surface area (Å²) in [5.41, 5.74) is 1.91. The molecule has 1 atom stereocenters. The van der Waals surface area contributed by atoms with E-state index in [-0.39, 0.29) is 11.0 Å². The van der Waals surface area contributed by atoms with Crippen LogP contribution in [0.4, 0.5) is 0 Å². The summed E-state index contributed by atoms with van der Waals surface area (Å²) in [6.07, 6.45) is 5.25. The highest BCUT2D eigenvalue weighted by molar-refractivity contribution is 6.02. The Morgan fingerprint density at radius 1 is 1.12 bits per heavy atom. The zero-order valence-corrected chi connectivity index (χ0v) is 11.2. The third-order valence-electron chi connectivity index (χ3n) is 2.40. The topological polar surface area (TPSA) is 32.6 Å². The summed E-state index contributed by atoms with van der Waals surface area (Å²) < 4.78 is 0. The summed E-state index contributed by atoms with van der Waals surface area (Å²) >= 11 is 0. The van der Waals surface area contributed by atoms with E-state index in [0.29, 0.717) is 0 Å². The van der Waals surface area contributed by atoms with Crippen LogP contribution in [0.1, 0.15) is 41.5 Å². The summed E-state index contributed by atoms with van der Waals surface area (Å²) in [4.78, 5) is 4.55. The molecule has 2 heteroatoms. The van der Waals surface area contributed by atoms with Gasteiger partial charge in [0.25, 0.3) is 0 Å². The Morgan fingerprint density at radius 2 is 1.69 bits per heavy atom. The lowest BCUT2D eigenvalue weighted by Crippen LogP contribution is -2.26. The van der Waals surface area contributed by atoms with E-state index in [1.807, 2.05) is 39.0 Å². The molecule has 0 aromatic heterocycles. The maximum Gasteiger partial charge on any atom is 0.114 e. The monoisotopic (exact) mass is 221 g/mol. The third-order valence-corrected chi connectivity index (χ3v) is 2.40. The Balaban J connectivity index is 3.08. The van der Waals surface area contributed by atoms with Gasteiger partial charge in [0.15, 0.2) is 0 Å². The van der Waals surface area contributed by atoms with Gasteiger partial charge in [-0.05, 0) is 43.9 Å². The van der Waals surface area contributed by atoms with Crippen molar-refractivity contribution in [3.8, 4) is 0 Å². The first-order chi connectivity index (χ1) is 7.09. The van der Waals surface area contributed by atoms with Gasteiger partial charge in [0.2, 0.25) is 0 Å². The summed E-state index contributed by atoms with van der Waals surface area (Å²) in [6, 6.07) is 0. The van der Waals surface area contributed by atoms with Crippen LogP contribution in [-0.2, 0) is 0 Å². The smallest absolute Gasteiger partial charge is 0.114 e. The maximum atomic E-state index is 9.85. The predicted molar refractivity (Wildman–Crippen MR) is 69.9 cm³/mol. The van der Waals surface area contributed by atoms with Crippen LogP contribution in [0.3, 0.4) is 0 Å². The molecule has 0 radical (unpaired) electrons. The molecule has 1 aliphatic rings. The van der Waals surface area contributed by atoms with Crippen LogP contribution in [0.5, 0.6) is 0 Å². The predicted octanol–water partition coefficient (Wildman–Crippen LogP) is 3.13. The number of hydrogen-bond acceptors (Lipinski definition) is 2. The number of rotatable bonds is 0. The Morgan fingerprint density at radius 3 is 2.12 bits per heavy atom. The van der Waals surface area contributed by atoms with Crippen molar-refractivity contribution < 1.29 is 5.11 Å². The minimum Gasteiger partial charge on any atom is -0.383 e. The maximum absolute atomic E-state index is 9.85. The second-order valence-electron chi connectivity index (χ2n) is 6.36. The molecule has 0 aromatic rings. The molecule has 1 rings (SSSR count). The fraction of sp³-hybridized carbons (Fsp3) is 0.643. The van der Waals surface area contributed by atoms with E-state index in [0.717, 1.165) is 5.71 Å². The van der Waals surface area contributed by atoms with Gasteiger partial charge in [0.05, 0.1) is 11.3 Å². The van der Waals surface area contributed by atoms with E-state index in [1.54, 1.807) is 0 Å². The van der Waals surface area contributed by atoms with Gasteiger partial charge in [-0.25, -0.2) is 0 Å². The minimum atomic E-state index is -0.565. The summed E-state index contributed by atoms with van der Waals surface area (Å²) in [5, 5.41) is 9.85. The van der Waals surface area contributed by atoms with Gasteiger partial charge in [-0.2, -0.15) is 0 Å².